The molecule has 0 radical (unpaired) electrons. The summed E-state index contributed by atoms with van der Waals surface area (Å²) in [5.74, 6) is -1.84. The normalized spacial score (nSPS) is 12.9. The van der Waals surface area contributed by atoms with Crippen LogP contribution in [0.25, 0.3) is 10.8 Å². The van der Waals surface area contributed by atoms with Crippen LogP contribution in [-0.4, -0.2) is 41.6 Å². The highest BCUT2D eigenvalue weighted by atomic mass is 16.5. The smallest absolute Gasteiger partial charge is 0.308 e. The van der Waals surface area contributed by atoms with Crippen LogP contribution in [0.15, 0.2) is 66.7 Å². The molecule has 4 rings (SSSR count). The molecule has 2 amide bonds. The maximum atomic E-state index is 12.8. The molecule has 0 N–H and O–H groups in total. The maximum absolute atomic E-state index is 12.8. The van der Waals surface area contributed by atoms with E-state index in [1.165, 1.54) is 0 Å². The van der Waals surface area contributed by atoms with E-state index >= 15 is 0 Å². The summed E-state index contributed by atoms with van der Waals surface area (Å²) in [6.45, 7) is -0.492. The fourth-order valence-electron chi connectivity index (χ4n) is 3.41. The summed E-state index contributed by atoms with van der Waals surface area (Å²) in [5.41, 5.74) is 1.32. The second kappa shape index (κ2) is 7.67. The SMILES string of the molecule is O=C(CCN1C(=O)c2cccc3cccc(c23)C1=O)OCC(=O)c1ccccc1. The monoisotopic (exact) mass is 387 g/mol. The average molecular weight is 387 g/mol. The third kappa shape index (κ3) is 3.52. The van der Waals surface area contributed by atoms with Gasteiger partial charge in [-0.15, -0.1) is 0 Å². The van der Waals surface area contributed by atoms with Crippen LogP contribution in [0.1, 0.15) is 37.5 Å². The number of rotatable bonds is 6. The number of esters is 1. The van der Waals surface area contributed by atoms with Crippen LogP contribution < -0.4 is 0 Å². The highest BCUT2D eigenvalue weighted by Crippen LogP contribution is 2.29. The molecule has 1 aliphatic heterocycles. The Bertz CT molecular complexity index is 1090. The number of amides is 2. The van der Waals surface area contributed by atoms with Gasteiger partial charge >= 0.3 is 5.97 Å². The molecule has 1 aliphatic rings. The van der Waals surface area contributed by atoms with E-state index in [-0.39, 0.29) is 25.4 Å². The summed E-state index contributed by atoms with van der Waals surface area (Å²) >= 11 is 0. The second-order valence-electron chi connectivity index (χ2n) is 6.67. The summed E-state index contributed by atoms with van der Waals surface area (Å²) in [7, 11) is 0. The van der Waals surface area contributed by atoms with Gasteiger partial charge in [-0.3, -0.25) is 24.1 Å². The van der Waals surface area contributed by atoms with Gasteiger partial charge in [0.15, 0.2) is 12.4 Å². The van der Waals surface area contributed by atoms with Crippen molar-refractivity contribution < 1.29 is 23.9 Å². The molecule has 6 heteroatoms. The second-order valence-corrected chi connectivity index (χ2v) is 6.67. The van der Waals surface area contributed by atoms with Crippen molar-refractivity contribution in [2.75, 3.05) is 13.2 Å². The molecule has 144 valence electrons. The van der Waals surface area contributed by atoms with E-state index in [1.54, 1.807) is 54.6 Å². The Morgan fingerprint density at radius 1 is 0.793 bits per heavy atom. The number of ketones is 1. The van der Waals surface area contributed by atoms with Crippen LogP contribution in [0.4, 0.5) is 0 Å². The standard InChI is InChI=1S/C23H17NO5/c25-19(15-6-2-1-3-7-15)14-29-20(26)12-13-24-22(27)17-10-4-8-16-9-5-11-18(21(16)17)23(24)28/h1-11H,12-14H2. The lowest BCUT2D eigenvalue weighted by Gasteiger charge is -2.26. The molecule has 0 saturated carbocycles. The number of Topliss-reactive ketones (excluding diaryl/α,β-unsaturated/α-hetero) is 1. The highest BCUT2D eigenvalue weighted by molar-refractivity contribution is 6.25. The van der Waals surface area contributed by atoms with E-state index in [1.807, 2.05) is 12.1 Å². The predicted octanol–water partition coefficient (Wildman–Crippen LogP) is 3.25. The Morgan fingerprint density at radius 3 is 2.03 bits per heavy atom. The molecule has 3 aromatic rings. The van der Waals surface area contributed by atoms with E-state index in [0.29, 0.717) is 22.1 Å². The number of hydrogen-bond acceptors (Lipinski definition) is 5. The maximum Gasteiger partial charge on any atom is 0.308 e. The first-order valence-corrected chi connectivity index (χ1v) is 9.18. The topological polar surface area (TPSA) is 80.8 Å². The molecule has 0 saturated heterocycles. The molecule has 0 spiro atoms. The van der Waals surface area contributed by atoms with Crippen LogP contribution in [0.5, 0.6) is 0 Å². The lowest BCUT2D eigenvalue weighted by Crippen LogP contribution is -2.41. The number of nitrogens with zero attached hydrogens (tertiary/aromatic N) is 1. The number of imide groups is 1. The molecule has 6 nitrogen and oxygen atoms in total. The number of hydrogen-bond donors (Lipinski definition) is 0. The van der Waals surface area contributed by atoms with Crippen LogP contribution in [0.3, 0.4) is 0 Å². The first-order chi connectivity index (χ1) is 14.1. The lowest BCUT2D eigenvalue weighted by atomic mass is 9.94. The Morgan fingerprint density at radius 2 is 1.41 bits per heavy atom. The Balaban J connectivity index is 1.41. The zero-order valence-corrected chi connectivity index (χ0v) is 15.5. The third-order valence-electron chi connectivity index (χ3n) is 4.86. The molecule has 0 aliphatic carbocycles. The van der Waals surface area contributed by atoms with Gasteiger partial charge in [0.1, 0.15) is 0 Å². The Labute approximate surface area is 166 Å². The highest BCUT2D eigenvalue weighted by Gasteiger charge is 2.32. The van der Waals surface area contributed by atoms with Gasteiger partial charge < -0.3 is 4.74 Å². The van der Waals surface area contributed by atoms with Crippen molar-refractivity contribution in [1.29, 1.82) is 0 Å². The van der Waals surface area contributed by atoms with E-state index in [2.05, 4.69) is 0 Å². The molecule has 0 fully saturated rings. The zero-order valence-electron chi connectivity index (χ0n) is 15.5. The zero-order chi connectivity index (χ0) is 20.4. The van der Waals surface area contributed by atoms with Crippen LogP contribution in [0, 0.1) is 0 Å². The molecule has 29 heavy (non-hydrogen) atoms. The van der Waals surface area contributed by atoms with Gasteiger partial charge in [-0.1, -0.05) is 54.6 Å². The fourth-order valence-corrected chi connectivity index (χ4v) is 3.41. The van der Waals surface area contributed by atoms with Gasteiger partial charge in [-0.05, 0) is 17.5 Å². The predicted molar refractivity (Wildman–Crippen MR) is 106 cm³/mol. The number of carbonyl (C=O) groups excluding carboxylic acids is 4. The Kier molecular flexibility index (Phi) is 4.91. The summed E-state index contributed by atoms with van der Waals surface area (Å²) in [6, 6.07) is 19.1. The van der Waals surface area contributed by atoms with Crippen LogP contribution >= 0.6 is 0 Å². The van der Waals surface area contributed by atoms with E-state index in [9.17, 15) is 19.2 Å². The van der Waals surface area contributed by atoms with Gasteiger partial charge in [-0.25, -0.2) is 0 Å². The first-order valence-electron chi connectivity index (χ1n) is 9.18. The van der Waals surface area contributed by atoms with Gasteiger partial charge in [0.25, 0.3) is 11.8 Å². The quantitative estimate of drug-likeness (QED) is 0.368. The van der Waals surface area contributed by atoms with E-state index in [0.717, 1.165) is 10.3 Å². The van der Waals surface area contributed by atoms with Gasteiger partial charge in [0, 0.05) is 28.6 Å². The minimum absolute atomic E-state index is 0.110. The molecule has 0 unspecified atom stereocenters. The summed E-state index contributed by atoms with van der Waals surface area (Å²) in [5, 5.41) is 1.46. The summed E-state index contributed by atoms with van der Waals surface area (Å²) in [6.07, 6.45) is -0.183. The number of ether oxygens (including phenoxy) is 1. The summed E-state index contributed by atoms with van der Waals surface area (Å²) in [4.78, 5) is 50.7. The third-order valence-corrected chi connectivity index (χ3v) is 4.86. The van der Waals surface area contributed by atoms with E-state index < -0.39 is 17.8 Å². The minimum Gasteiger partial charge on any atom is -0.457 e. The molecule has 1 heterocycles. The molecule has 0 aromatic heterocycles. The van der Waals surface area contributed by atoms with Gasteiger partial charge in [-0.2, -0.15) is 0 Å². The van der Waals surface area contributed by atoms with Crippen molar-refractivity contribution in [3.8, 4) is 0 Å². The number of benzene rings is 3. The van der Waals surface area contributed by atoms with Crippen molar-refractivity contribution in [3.05, 3.63) is 83.4 Å². The molecule has 0 atom stereocenters. The van der Waals surface area contributed by atoms with Crippen molar-refractivity contribution in [2.45, 2.75) is 6.42 Å². The lowest BCUT2D eigenvalue weighted by molar-refractivity contribution is -0.142. The molecule has 0 bridgehead atoms. The largest absolute Gasteiger partial charge is 0.457 e. The fraction of sp³-hybridized carbons (Fsp3) is 0.130. The first kappa shape index (κ1) is 18.6. The minimum atomic E-state index is -0.646. The van der Waals surface area contributed by atoms with E-state index in [4.69, 9.17) is 4.74 Å². The van der Waals surface area contributed by atoms with Crippen LogP contribution in [0.2, 0.25) is 0 Å². The van der Waals surface area contributed by atoms with Crippen molar-refractivity contribution >= 4 is 34.3 Å². The van der Waals surface area contributed by atoms with Crippen molar-refractivity contribution in [1.82, 2.24) is 4.90 Å². The van der Waals surface area contributed by atoms with Crippen molar-refractivity contribution in [3.63, 3.8) is 0 Å². The van der Waals surface area contributed by atoms with Crippen molar-refractivity contribution in [2.24, 2.45) is 0 Å². The molecular formula is C23H17NO5. The average Bonchev–Trinajstić information content (AvgIpc) is 2.76. The molecular weight excluding hydrogens is 370 g/mol. The molecule has 3 aromatic carbocycles. The van der Waals surface area contributed by atoms with Gasteiger partial charge in [0.05, 0.1) is 6.42 Å². The summed E-state index contributed by atoms with van der Waals surface area (Å²) < 4.78 is 5.01. The number of carbonyl (C=O) groups is 4. The Hall–Kier alpha value is -3.80. The van der Waals surface area contributed by atoms with Gasteiger partial charge in [0.2, 0.25) is 0 Å². The van der Waals surface area contributed by atoms with Crippen LogP contribution in [-0.2, 0) is 9.53 Å².